The van der Waals surface area contributed by atoms with Crippen LogP contribution in [-0.4, -0.2) is 40.0 Å². The van der Waals surface area contributed by atoms with Crippen LogP contribution in [0.1, 0.15) is 18.3 Å². The highest BCUT2D eigenvalue weighted by Crippen LogP contribution is 2.34. The van der Waals surface area contributed by atoms with Crippen LogP contribution in [0.3, 0.4) is 0 Å². The van der Waals surface area contributed by atoms with Crippen LogP contribution in [0.4, 0.5) is 5.69 Å². The van der Waals surface area contributed by atoms with Crippen LogP contribution < -0.4 is 10.3 Å². The quantitative estimate of drug-likeness (QED) is 0.208. The van der Waals surface area contributed by atoms with Crippen molar-refractivity contribution < 1.29 is 19.2 Å². The molecule has 1 heterocycles. The van der Waals surface area contributed by atoms with Crippen LogP contribution in [-0.2, 0) is 9.53 Å². The molecule has 1 atom stereocenters. The summed E-state index contributed by atoms with van der Waals surface area (Å²) in [6, 6.07) is 7.53. The number of carbonyl (C=O) groups is 1. The maximum Gasteiger partial charge on any atom is 0.346 e. The summed E-state index contributed by atoms with van der Waals surface area (Å²) in [7, 11) is 1.17. The molecule has 3 rings (SSSR count). The molecule has 0 fully saturated rings. The number of ether oxygens (including phenoxy) is 2. The Labute approximate surface area is 194 Å². The fraction of sp³-hybridized carbons (Fsp3) is 0.200. The lowest BCUT2D eigenvalue weighted by Crippen LogP contribution is -2.26. The van der Waals surface area contributed by atoms with Crippen molar-refractivity contribution in [2.75, 3.05) is 7.11 Å². The lowest BCUT2D eigenvalue weighted by atomic mass is 10.2. The molecule has 1 aromatic heterocycles. The number of aryl methyl sites for hydroxylation is 1. The maximum atomic E-state index is 12.9. The number of nitro groups is 1. The van der Waals surface area contributed by atoms with Crippen LogP contribution in [0.2, 0.25) is 5.02 Å². The number of esters is 1. The molecular weight excluding hydrogens is 508 g/mol. The number of aromatic nitrogens is 2. The van der Waals surface area contributed by atoms with Crippen molar-refractivity contribution in [2.45, 2.75) is 20.0 Å². The summed E-state index contributed by atoms with van der Waals surface area (Å²) in [5.41, 5.74) is -0.330. The van der Waals surface area contributed by atoms with E-state index in [0.717, 1.165) is 10.7 Å². The first-order chi connectivity index (χ1) is 15.1. The van der Waals surface area contributed by atoms with Gasteiger partial charge in [0.1, 0.15) is 5.82 Å². The van der Waals surface area contributed by atoms with Crippen molar-refractivity contribution in [1.82, 2.24) is 9.66 Å². The predicted molar refractivity (Wildman–Crippen MR) is 122 cm³/mol. The van der Waals surface area contributed by atoms with Crippen molar-refractivity contribution in [3.8, 4) is 5.75 Å². The Morgan fingerprint density at radius 2 is 2.09 bits per heavy atom. The molecule has 0 bridgehead atoms. The van der Waals surface area contributed by atoms with E-state index in [9.17, 15) is 19.7 Å². The van der Waals surface area contributed by atoms with Gasteiger partial charge < -0.3 is 9.47 Å². The molecule has 0 saturated carbocycles. The zero-order chi connectivity index (χ0) is 23.6. The maximum absolute atomic E-state index is 12.9. The Balaban J connectivity index is 2.15. The topological polar surface area (TPSA) is 126 Å². The Kier molecular flexibility index (Phi) is 6.90. The van der Waals surface area contributed by atoms with Gasteiger partial charge in [-0.1, -0.05) is 27.5 Å². The minimum Gasteiger partial charge on any atom is -0.471 e. The molecule has 12 heteroatoms. The molecule has 2 aromatic carbocycles. The zero-order valence-corrected chi connectivity index (χ0v) is 19.4. The average molecular weight is 524 g/mol. The van der Waals surface area contributed by atoms with Crippen molar-refractivity contribution in [1.29, 1.82) is 0 Å². The Morgan fingerprint density at radius 1 is 1.38 bits per heavy atom. The second-order valence-corrected chi connectivity index (χ2v) is 7.92. The summed E-state index contributed by atoms with van der Waals surface area (Å²) in [6.45, 7) is 2.97. The molecule has 32 heavy (non-hydrogen) atoms. The van der Waals surface area contributed by atoms with Crippen LogP contribution in [0.25, 0.3) is 10.9 Å². The van der Waals surface area contributed by atoms with E-state index in [4.69, 9.17) is 16.3 Å². The van der Waals surface area contributed by atoms with Gasteiger partial charge in [-0.15, -0.1) is 0 Å². The van der Waals surface area contributed by atoms with Crippen molar-refractivity contribution in [3.05, 3.63) is 71.7 Å². The second-order valence-electron chi connectivity index (χ2n) is 6.57. The first kappa shape index (κ1) is 23.4. The van der Waals surface area contributed by atoms with Crippen LogP contribution in [0.5, 0.6) is 5.75 Å². The van der Waals surface area contributed by atoms with Crippen LogP contribution in [0, 0.1) is 17.0 Å². The third-order valence-corrected chi connectivity index (χ3v) is 5.08. The van der Waals surface area contributed by atoms with Gasteiger partial charge in [-0.3, -0.25) is 14.9 Å². The SMILES string of the molecule is COC(=O)[C@H](C)Oc1c(C=Nn2c(C)nc3ccc(Br)cc3c2=O)cc(Cl)cc1[N+](=O)[O-]. The average Bonchev–Trinajstić information content (AvgIpc) is 2.74. The van der Waals surface area contributed by atoms with Gasteiger partial charge in [0.2, 0.25) is 5.75 Å². The summed E-state index contributed by atoms with van der Waals surface area (Å²) in [4.78, 5) is 39.9. The van der Waals surface area contributed by atoms with E-state index in [-0.39, 0.29) is 16.3 Å². The van der Waals surface area contributed by atoms with Crippen molar-refractivity contribution >= 4 is 56.3 Å². The highest BCUT2D eigenvalue weighted by Gasteiger charge is 2.25. The van der Waals surface area contributed by atoms with Crippen LogP contribution >= 0.6 is 27.5 Å². The van der Waals surface area contributed by atoms with E-state index < -0.39 is 28.2 Å². The molecule has 10 nitrogen and oxygen atoms in total. The standard InChI is InChI=1S/C20H16BrClN4O6/c1-10(20(28)31-3)32-18-12(6-14(22)8-17(18)26(29)30)9-23-25-11(2)24-16-5-4-13(21)7-15(16)19(25)27/h4-10H,1-3H3/t10-/m0/s1. The summed E-state index contributed by atoms with van der Waals surface area (Å²) in [5, 5.41) is 16.1. The van der Waals surface area contributed by atoms with E-state index in [1.807, 2.05) is 0 Å². The van der Waals surface area contributed by atoms with Gasteiger partial charge in [-0.2, -0.15) is 9.78 Å². The molecule has 0 aliphatic heterocycles. The summed E-state index contributed by atoms with van der Waals surface area (Å²) in [5.74, 6) is -0.681. The number of hydrogen-bond donors (Lipinski definition) is 0. The number of rotatable bonds is 6. The Bertz CT molecular complexity index is 1320. The van der Waals surface area contributed by atoms with Gasteiger partial charge in [0.25, 0.3) is 5.56 Å². The second kappa shape index (κ2) is 9.45. The van der Waals surface area contributed by atoms with Gasteiger partial charge in [0.05, 0.1) is 29.2 Å². The Morgan fingerprint density at radius 3 is 2.75 bits per heavy atom. The van der Waals surface area contributed by atoms with E-state index in [0.29, 0.717) is 21.2 Å². The van der Waals surface area contributed by atoms with E-state index in [1.54, 1.807) is 25.1 Å². The van der Waals surface area contributed by atoms with E-state index in [2.05, 4.69) is 30.8 Å². The molecule has 0 N–H and O–H groups in total. The number of nitrogens with zero attached hydrogens (tertiary/aromatic N) is 4. The number of benzene rings is 2. The highest BCUT2D eigenvalue weighted by atomic mass is 79.9. The van der Waals surface area contributed by atoms with Gasteiger partial charge >= 0.3 is 11.7 Å². The lowest BCUT2D eigenvalue weighted by Gasteiger charge is -2.14. The number of nitro benzene ring substituents is 1. The molecule has 0 spiro atoms. The lowest BCUT2D eigenvalue weighted by molar-refractivity contribution is -0.386. The molecule has 0 aliphatic carbocycles. The minimum atomic E-state index is -1.14. The molecule has 3 aromatic rings. The number of halogens is 2. The molecule has 0 saturated heterocycles. The van der Waals surface area contributed by atoms with Gasteiger partial charge in [-0.25, -0.2) is 9.78 Å². The number of fused-ring (bicyclic) bond motifs is 1. The van der Waals surface area contributed by atoms with Crippen molar-refractivity contribution in [3.63, 3.8) is 0 Å². The third-order valence-electron chi connectivity index (χ3n) is 4.37. The van der Waals surface area contributed by atoms with E-state index in [1.165, 1.54) is 26.3 Å². The third kappa shape index (κ3) is 4.78. The fourth-order valence-electron chi connectivity index (χ4n) is 2.87. The van der Waals surface area contributed by atoms with Crippen molar-refractivity contribution in [2.24, 2.45) is 5.10 Å². The molecule has 0 aliphatic rings. The molecule has 166 valence electrons. The highest BCUT2D eigenvalue weighted by molar-refractivity contribution is 9.10. The minimum absolute atomic E-state index is 0.0425. The van der Waals surface area contributed by atoms with Gasteiger partial charge in [-0.05, 0) is 38.1 Å². The fourth-order valence-corrected chi connectivity index (χ4v) is 3.45. The first-order valence-corrected chi connectivity index (χ1v) is 10.2. The molecule has 0 unspecified atom stereocenters. The number of carbonyl (C=O) groups excluding carboxylic acids is 1. The molecule has 0 amide bonds. The smallest absolute Gasteiger partial charge is 0.346 e. The normalized spacial score (nSPS) is 12.2. The summed E-state index contributed by atoms with van der Waals surface area (Å²) >= 11 is 9.35. The summed E-state index contributed by atoms with van der Waals surface area (Å²) < 4.78 is 11.9. The summed E-state index contributed by atoms with van der Waals surface area (Å²) in [6.07, 6.45) is 0.0362. The first-order valence-electron chi connectivity index (χ1n) is 9.08. The number of hydrogen-bond acceptors (Lipinski definition) is 8. The molecular formula is C20H16BrClN4O6. The Hall–Kier alpha value is -3.31. The zero-order valence-electron chi connectivity index (χ0n) is 17.0. The van der Waals surface area contributed by atoms with Gasteiger partial charge in [0, 0.05) is 21.1 Å². The molecule has 0 radical (unpaired) electrons. The largest absolute Gasteiger partial charge is 0.471 e. The number of methoxy groups -OCH3 is 1. The van der Waals surface area contributed by atoms with Crippen LogP contribution in [0.15, 0.2) is 44.7 Å². The monoisotopic (exact) mass is 522 g/mol. The predicted octanol–water partition coefficient (Wildman–Crippen LogP) is 3.85. The van der Waals surface area contributed by atoms with Gasteiger partial charge in [0.15, 0.2) is 6.10 Å². The van der Waals surface area contributed by atoms with E-state index >= 15 is 0 Å².